The van der Waals surface area contributed by atoms with Crippen LogP contribution in [0.3, 0.4) is 0 Å². The molecule has 0 saturated heterocycles. The Hall–Kier alpha value is -1.60. The van der Waals surface area contributed by atoms with E-state index in [9.17, 15) is 0 Å². The molecule has 2 atom stereocenters. The summed E-state index contributed by atoms with van der Waals surface area (Å²) in [5.74, 6) is 1.20. The molecule has 0 bridgehead atoms. The Balaban J connectivity index is 2.14. The molecule has 2 unspecified atom stereocenters. The Labute approximate surface area is 117 Å². The lowest BCUT2D eigenvalue weighted by atomic mass is 9.75. The first-order valence-corrected chi connectivity index (χ1v) is 7.69. The minimum atomic E-state index is 0.598. The van der Waals surface area contributed by atoms with Gasteiger partial charge in [-0.15, -0.1) is 11.3 Å². The molecule has 0 amide bonds. The zero-order valence-electron chi connectivity index (χ0n) is 11.2. The van der Waals surface area contributed by atoms with Crippen molar-refractivity contribution in [3.63, 3.8) is 0 Å². The van der Waals surface area contributed by atoms with E-state index in [-0.39, 0.29) is 0 Å². The zero-order chi connectivity index (χ0) is 13.0. The van der Waals surface area contributed by atoms with E-state index in [1.165, 1.54) is 26.1 Å². The van der Waals surface area contributed by atoms with Crippen LogP contribution in [0.4, 0.5) is 0 Å². The summed E-state index contributed by atoms with van der Waals surface area (Å²) in [5, 5.41) is 1.45. The summed E-state index contributed by atoms with van der Waals surface area (Å²) in [6.45, 7) is 4.73. The first-order chi connectivity index (χ1) is 9.27. The van der Waals surface area contributed by atoms with Crippen LogP contribution in [0, 0.1) is 0 Å². The first-order valence-electron chi connectivity index (χ1n) is 6.88. The molecule has 94 valence electrons. The molecule has 4 rings (SSSR count). The van der Waals surface area contributed by atoms with Crippen LogP contribution in [0.2, 0.25) is 0 Å². The average Bonchev–Trinajstić information content (AvgIpc) is 2.84. The van der Waals surface area contributed by atoms with E-state index < -0.39 is 0 Å². The molecule has 0 radical (unpaired) electrons. The van der Waals surface area contributed by atoms with Gasteiger partial charge in [0.1, 0.15) is 0 Å². The predicted octanol–water partition coefficient (Wildman–Crippen LogP) is 5.79. The number of benzene rings is 2. The Morgan fingerprint density at radius 2 is 1.58 bits per heavy atom. The van der Waals surface area contributed by atoms with Crippen LogP contribution in [0.1, 0.15) is 36.8 Å². The molecule has 0 fully saturated rings. The van der Waals surface area contributed by atoms with Gasteiger partial charge in [0.2, 0.25) is 0 Å². The number of thiophene rings is 1. The summed E-state index contributed by atoms with van der Waals surface area (Å²) in [7, 11) is 0. The molecule has 1 aliphatic rings. The molecule has 1 heteroatoms. The zero-order valence-corrected chi connectivity index (χ0v) is 12.0. The van der Waals surface area contributed by atoms with E-state index >= 15 is 0 Å². The minimum absolute atomic E-state index is 0.598. The summed E-state index contributed by atoms with van der Waals surface area (Å²) in [6.07, 6.45) is 0. The fourth-order valence-electron chi connectivity index (χ4n) is 3.34. The van der Waals surface area contributed by atoms with Crippen LogP contribution in [-0.2, 0) is 0 Å². The molecular formula is C18H16S. The maximum absolute atomic E-state index is 2.37. The summed E-state index contributed by atoms with van der Waals surface area (Å²) in [4.78, 5) is 1.49. The highest BCUT2D eigenvalue weighted by molar-refractivity contribution is 7.22. The average molecular weight is 264 g/mol. The van der Waals surface area contributed by atoms with Gasteiger partial charge in [0, 0.05) is 9.58 Å². The van der Waals surface area contributed by atoms with Crippen LogP contribution >= 0.6 is 11.3 Å². The van der Waals surface area contributed by atoms with E-state index in [4.69, 9.17) is 0 Å². The third-order valence-corrected chi connectivity index (χ3v) is 5.76. The summed E-state index contributed by atoms with van der Waals surface area (Å²) < 4.78 is 1.42. The highest BCUT2D eigenvalue weighted by atomic mass is 32.1. The molecule has 0 aliphatic heterocycles. The van der Waals surface area contributed by atoms with E-state index in [2.05, 4.69) is 62.4 Å². The second-order valence-electron chi connectivity index (χ2n) is 5.51. The van der Waals surface area contributed by atoms with E-state index in [0.29, 0.717) is 11.8 Å². The van der Waals surface area contributed by atoms with Crippen molar-refractivity contribution in [2.75, 3.05) is 0 Å². The molecule has 0 nitrogen and oxygen atoms in total. The van der Waals surface area contributed by atoms with Gasteiger partial charge in [-0.25, -0.2) is 0 Å². The lowest BCUT2D eigenvalue weighted by molar-refractivity contribution is 0.622. The smallest absolute Gasteiger partial charge is 0.0393 e. The number of rotatable bonds is 0. The quantitative estimate of drug-likeness (QED) is 0.482. The van der Waals surface area contributed by atoms with Crippen LogP contribution in [-0.4, -0.2) is 0 Å². The van der Waals surface area contributed by atoms with Crippen LogP contribution in [0.15, 0.2) is 48.5 Å². The number of hydrogen-bond acceptors (Lipinski definition) is 1. The summed E-state index contributed by atoms with van der Waals surface area (Å²) >= 11 is 1.95. The molecule has 2 aromatic carbocycles. The molecule has 1 heterocycles. The van der Waals surface area contributed by atoms with Gasteiger partial charge in [-0.3, -0.25) is 0 Å². The molecule has 0 saturated carbocycles. The largest absolute Gasteiger partial charge is 0.135 e. The third kappa shape index (κ3) is 1.45. The van der Waals surface area contributed by atoms with Gasteiger partial charge in [-0.1, -0.05) is 56.3 Å². The topological polar surface area (TPSA) is 0 Å². The van der Waals surface area contributed by atoms with Crippen LogP contribution < -0.4 is 0 Å². The predicted molar refractivity (Wildman–Crippen MR) is 84.1 cm³/mol. The summed E-state index contributed by atoms with van der Waals surface area (Å²) in [6, 6.07) is 17.7. The lowest BCUT2D eigenvalue weighted by Gasteiger charge is -2.29. The maximum Gasteiger partial charge on any atom is 0.0393 e. The Kier molecular flexibility index (Phi) is 2.33. The van der Waals surface area contributed by atoms with Crippen molar-refractivity contribution in [2.24, 2.45) is 0 Å². The van der Waals surface area contributed by atoms with Crippen LogP contribution in [0.25, 0.3) is 20.5 Å². The SMILES string of the molecule is CC1c2ccccc2-c2sc3ccccc3c2C1C. The molecule has 1 aliphatic carbocycles. The minimum Gasteiger partial charge on any atom is -0.135 e. The molecule has 0 spiro atoms. The van der Waals surface area contributed by atoms with Crippen LogP contribution in [0.5, 0.6) is 0 Å². The third-order valence-electron chi connectivity index (χ3n) is 4.54. The monoisotopic (exact) mass is 264 g/mol. The molecule has 19 heavy (non-hydrogen) atoms. The van der Waals surface area contributed by atoms with Crippen molar-refractivity contribution >= 4 is 21.4 Å². The number of fused-ring (bicyclic) bond motifs is 5. The van der Waals surface area contributed by atoms with Gasteiger partial charge in [0.25, 0.3) is 0 Å². The van der Waals surface area contributed by atoms with E-state index in [1.54, 1.807) is 5.56 Å². The Morgan fingerprint density at radius 3 is 2.47 bits per heavy atom. The number of hydrogen-bond donors (Lipinski definition) is 0. The van der Waals surface area contributed by atoms with Gasteiger partial charge < -0.3 is 0 Å². The second kappa shape index (κ2) is 3.94. The molecule has 3 aromatic rings. The highest BCUT2D eigenvalue weighted by Gasteiger charge is 2.30. The van der Waals surface area contributed by atoms with E-state index in [0.717, 1.165) is 0 Å². The Morgan fingerprint density at radius 1 is 0.842 bits per heavy atom. The van der Waals surface area contributed by atoms with Gasteiger partial charge in [0.15, 0.2) is 0 Å². The maximum atomic E-state index is 2.37. The second-order valence-corrected chi connectivity index (χ2v) is 6.56. The van der Waals surface area contributed by atoms with Gasteiger partial charge in [0.05, 0.1) is 0 Å². The highest BCUT2D eigenvalue weighted by Crippen LogP contribution is 2.52. The van der Waals surface area contributed by atoms with E-state index in [1.807, 2.05) is 11.3 Å². The molecular weight excluding hydrogens is 248 g/mol. The van der Waals surface area contributed by atoms with Crippen molar-refractivity contribution in [2.45, 2.75) is 25.7 Å². The van der Waals surface area contributed by atoms with Crippen molar-refractivity contribution in [3.05, 3.63) is 59.7 Å². The standard InChI is InChI=1S/C18H16S/c1-11-12(2)17-15-9-5-6-10-16(15)19-18(17)14-8-4-3-7-13(11)14/h3-12H,1-2H3. The van der Waals surface area contributed by atoms with Crippen molar-refractivity contribution < 1.29 is 0 Å². The van der Waals surface area contributed by atoms with Crippen molar-refractivity contribution in [1.82, 2.24) is 0 Å². The van der Waals surface area contributed by atoms with Crippen molar-refractivity contribution in [1.29, 1.82) is 0 Å². The van der Waals surface area contributed by atoms with Gasteiger partial charge in [-0.05, 0) is 40.0 Å². The first kappa shape index (κ1) is 11.2. The Bertz CT molecular complexity index is 766. The molecule has 0 N–H and O–H groups in total. The normalized spacial score (nSPS) is 21.2. The van der Waals surface area contributed by atoms with Crippen molar-refractivity contribution in [3.8, 4) is 10.4 Å². The molecule has 1 aromatic heterocycles. The summed E-state index contributed by atoms with van der Waals surface area (Å²) in [5.41, 5.74) is 4.52. The van der Waals surface area contributed by atoms with Gasteiger partial charge in [-0.2, -0.15) is 0 Å². The fourth-order valence-corrected chi connectivity index (χ4v) is 4.69. The van der Waals surface area contributed by atoms with Gasteiger partial charge >= 0.3 is 0 Å². The lowest BCUT2D eigenvalue weighted by Crippen LogP contribution is -2.11. The fraction of sp³-hybridized carbons (Fsp3) is 0.222.